The van der Waals surface area contributed by atoms with Crippen LogP contribution in [-0.2, 0) is 0 Å². The zero-order valence-electron chi connectivity index (χ0n) is 16.4. The number of nitrogens with one attached hydrogen (secondary N) is 1. The van der Waals surface area contributed by atoms with E-state index in [0.29, 0.717) is 40.0 Å². The van der Waals surface area contributed by atoms with Crippen molar-refractivity contribution in [1.29, 1.82) is 0 Å². The average Bonchev–Trinajstić information content (AvgIpc) is 2.59. The first-order valence-corrected chi connectivity index (χ1v) is 9.61. The van der Waals surface area contributed by atoms with E-state index < -0.39 is 0 Å². The molecular weight excluding hydrogens is 360 g/mol. The van der Waals surface area contributed by atoms with E-state index in [-0.39, 0.29) is 11.5 Å². The molecule has 0 aliphatic carbocycles. The summed E-state index contributed by atoms with van der Waals surface area (Å²) in [6.07, 6.45) is 0. The van der Waals surface area contributed by atoms with Gasteiger partial charge in [-0.3, -0.25) is 4.79 Å². The summed E-state index contributed by atoms with van der Waals surface area (Å²) in [4.78, 5) is 19.7. The van der Waals surface area contributed by atoms with Gasteiger partial charge >= 0.3 is 0 Å². The molecule has 0 atom stereocenters. The van der Waals surface area contributed by atoms with Gasteiger partial charge in [-0.25, -0.2) is 4.98 Å². The average molecular weight is 385 g/mol. The maximum Gasteiger partial charge on any atom is 0.258 e. The minimum Gasteiger partial charge on any atom is -0.492 e. The Morgan fingerprint density at radius 2 is 1.89 bits per heavy atom. The molecule has 2 aromatic carbocycles. The van der Waals surface area contributed by atoms with Gasteiger partial charge in [0.2, 0.25) is 0 Å². The monoisotopic (exact) mass is 384 g/mol. The molecule has 0 amide bonds. The number of benzene rings is 2. The lowest BCUT2D eigenvalue weighted by molar-refractivity contribution is 0.271. The standard InChI is InChI=1S/C22H25ClN2O2/c1-12(2)11-27-21-8-15(6-7-19(21)23)17-9-18-20(10-16(17)13(3)4)24-14(5)25-22(18)26/h6-10,12-13H,11H2,1-5H3,(H,24,25,26). The van der Waals surface area contributed by atoms with Gasteiger partial charge in [0.1, 0.15) is 11.6 Å². The van der Waals surface area contributed by atoms with Crippen molar-refractivity contribution in [2.75, 3.05) is 6.61 Å². The second kappa shape index (κ2) is 7.73. The molecule has 0 fully saturated rings. The van der Waals surface area contributed by atoms with Crippen molar-refractivity contribution in [1.82, 2.24) is 9.97 Å². The summed E-state index contributed by atoms with van der Waals surface area (Å²) in [5.41, 5.74) is 3.70. The minimum atomic E-state index is -0.126. The number of halogens is 1. The molecule has 0 aliphatic rings. The van der Waals surface area contributed by atoms with Gasteiger partial charge in [-0.2, -0.15) is 0 Å². The molecule has 0 saturated carbocycles. The Morgan fingerprint density at radius 1 is 1.15 bits per heavy atom. The Labute approximate surface area is 164 Å². The van der Waals surface area contributed by atoms with E-state index in [1.165, 1.54) is 0 Å². The van der Waals surface area contributed by atoms with Crippen LogP contribution < -0.4 is 10.3 Å². The maximum absolute atomic E-state index is 12.4. The highest BCUT2D eigenvalue weighted by Crippen LogP contribution is 2.36. The number of nitrogens with zero attached hydrogens (tertiary/aromatic N) is 1. The van der Waals surface area contributed by atoms with Gasteiger partial charge in [0.25, 0.3) is 5.56 Å². The van der Waals surface area contributed by atoms with Gasteiger partial charge in [-0.1, -0.05) is 45.4 Å². The number of hydrogen-bond donors (Lipinski definition) is 1. The lowest BCUT2D eigenvalue weighted by Gasteiger charge is -2.16. The third-order valence-corrected chi connectivity index (χ3v) is 4.74. The number of aromatic nitrogens is 2. The maximum atomic E-state index is 12.4. The van der Waals surface area contributed by atoms with Crippen molar-refractivity contribution in [2.24, 2.45) is 5.92 Å². The summed E-state index contributed by atoms with van der Waals surface area (Å²) in [6.45, 7) is 10.9. The highest BCUT2D eigenvalue weighted by Gasteiger charge is 2.15. The van der Waals surface area contributed by atoms with Gasteiger partial charge in [-0.05, 0) is 59.7 Å². The van der Waals surface area contributed by atoms with Gasteiger partial charge in [-0.15, -0.1) is 0 Å². The summed E-state index contributed by atoms with van der Waals surface area (Å²) in [6, 6.07) is 9.70. The zero-order valence-corrected chi connectivity index (χ0v) is 17.1. The first-order chi connectivity index (χ1) is 12.8. The summed E-state index contributed by atoms with van der Waals surface area (Å²) < 4.78 is 5.88. The third kappa shape index (κ3) is 4.16. The van der Waals surface area contributed by atoms with Gasteiger partial charge in [0, 0.05) is 0 Å². The Hall–Kier alpha value is -2.33. The van der Waals surface area contributed by atoms with Crippen molar-refractivity contribution >= 4 is 22.5 Å². The molecule has 0 unspecified atom stereocenters. The smallest absolute Gasteiger partial charge is 0.258 e. The molecular formula is C22H25ClN2O2. The van der Waals surface area contributed by atoms with Crippen LogP contribution in [0.2, 0.25) is 5.02 Å². The van der Waals surface area contributed by atoms with Crippen molar-refractivity contribution < 1.29 is 4.74 Å². The first kappa shape index (κ1) is 19.4. The quantitative estimate of drug-likeness (QED) is 0.612. The molecule has 27 heavy (non-hydrogen) atoms. The molecule has 0 spiro atoms. The lowest BCUT2D eigenvalue weighted by Crippen LogP contribution is -2.10. The SMILES string of the molecule is Cc1nc2cc(C(C)C)c(-c3ccc(Cl)c(OCC(C)C)c3)cc2c(=O)[nH]1. The summed E-state index contributed by atoms with van der Waals surface area (Å²) in [5, 5.41) is 1.17. The van der Waals surface area contributed by atoms with E-state index in [1.54, 1.807) is 6.92 Å². The fraction of sp³-hybridized carbons (Fsp3) is 0.364. The predicted molar refractivity (Wildman–Crippen MR) is 112 cm³/mol. The molecule has 1 aromatic heterocycles. The molecule has 1 N–H and O–H groups in total. The first-order valence-electron chi connectivity index (χ1n) is 9.23. The van der Waals surface area contributed by atoms with Crippen LogP contribution in [0, 0.1) is 12.8 Å². The Balaban J connectivity index is 2.19. The van der Waals surface area contributed by atoms with Crippen LogP contribution in [0.5, 0.6) is 5.75 Å². The number of hydrogen-bond acceptors (Lipinski definition) is 3. The van der Waals surface area contributed by atoms with Crippen molar-refractivity contribution in [3.8, 4) is 16.9 Å². The van der Waals surface area contributed by atoms with E-state index >= 15 is 0 Å². The van der Waals surface area contributed by atoms with E-state index in [9.17, 15) is 4.79 Å². The molecule has 5 heteroatoms. The number of H-pyrrole nitrogens is 1. The van der Waals surface area contributed by atoms with Crippen LogP contribution >= 0.6 is 11.6 Å². The van der Waals surface area contributed by atoms with Crippen molar-refractivity contribution in [2.45, 2.75) is 40.5 Å². The van der Waals surface area contributed by atoms with Gasteiger partial charge in [0.15, 0.2) is 0 Å². The number of aromatic amines is 1. The van der Waals surface area contributed by atoms with Crippen LogP contribution in [0.4, 0.5) is 0 Å². The number of rotatable bonds is 5. The predicted octanol–water partition coefficient (Wildman–Crippen LogP) is 5.71. The molecule has 0 bridgehead atoms. The number of ether oxygens (including phenoxy) is 1. The van der Waals surface area contributed by atoms with E-state index in [1.807, 2.05) is 30.3 Å². The minimum absolute atomic E-state index is 0.126. The van der Waals surface area contributed by atoms with Crippen molar-refractivity contribution in [3.63, 3.8) is 0 Å². The summed E-state index contributed by atoms with van der Waals surface area (Å²) in [5.74, 6) is 1.96. The van der Waals surface area contributed by atoms with Crippen LogP contribution in [0.3, 0.4) is 0 Å². The van der Waals surface area contributed by atoms with Gasteiger partial charge < -0.3 is 9.72 Å². The topological polar surface area (TPSA) is 55.0 Å². The molecule has 0 radical (unpaired) electrons. The largest absolute Gasteiger partial charge is 0.492 e. The van der Waals surface area contributed by atoms with E-state index in [0.717, 1.165) is 16.7 Å². The van der Waals surface area contributed by atoms with Gasteiger partial charge in [0.05, 0.1) is 22.5 Å². The lowest BCUT2D eigenvalue weighted by atomic mass is 9.91. The molecule has 0 saturated heterocycles. The Morgan fingerprint density at radius 3 is 2.56 bits per heavy atom. The Bertz CT molecular complexity index is 1040. The highest BCUT2D eigenvalue weighted by atomic mass is 35.5. The third-order valence-electron chi connectivity index (χ3n) is 4.43. The van der Waals surface area contributed by atoms with E-state index in [2.05, 4.69) is 37.7 Å². The normalized spacial score (nSPS) is 11.6. The summed E-state index contributed by atoms with van der Waals surface area (Å²) in [7, 11) is 0. The summed E-state index contributed by atoms with van der Waals surface area (Å²) >= 11 is 6.32. The fourth-order valence-electron chi connectivity index (χ4n) is 3.08. The molecule has 3 rings (SSSR count). The molecule has 142 valence electrons. The molecule has 0 aliphatic heterocycles. The van der Waals surface area contributed by atoms with Crippen LogP contribution in [0.25, 0.3) is 22.0 Å². The van der Waals surface area contributed by atoms with Crippen LogP contribution in [0.1, 0.15) is 45.0 Å². The zero-order chi connectivity index (χ0) is 19.7. The molecule has 3 aromatic rings. The fourth-order valence-corrected chi connectivity index (χ4v) is 3.26. The molecule has 1 heterocycles. The number of aryl methyl sites for hydroxylation is 1. The number of fused-ring (bicyclic) bond motifs is 1. The van der Waals surface area contributed by atoms with Crippen LogP contribution in [0.15, 0.2) is 35.1 Å². The van der Waals surface area contributed by atoms with E-state index in [4.69, 9.17) is 16.3 Å². The molecule has 4 nitrogen and oxygen atoms in total. The van der Waals surface area contributed by atoms with Crippen molar-refractivity contribution in [3.05, 3.63) is 57.1 Å². The highest BCUT2D eigenvalue weighted by molar-refractivity contribution is 6.32. The Kier molecular flexibility index (Phi) is 5.56. The second-order valence-corrected chi connectivity index (χ2v) is 8.02. The second-order valence-electron chi connectivity index (χ2n) is 7.61. The van der Waals surface area contributed by atoms with Crippen LogP contribution in [-0.4, -0.2) is 16.6 Å².